The molecule has 0 aliphatic carbocycles. The summed E-state index contributed by atoms with van der Waals surface area (Å²) in [6.45, 7) is 2.54. The summed E-state index contributed by atoms with van der Waals surface area (Å²) in [5.41, 5.74) is 1.67. The first-order valence-electron chi connectivity index (χ1n) is 7.73. The molecule has 5 nitrogen and oxygen atoms in total. The Morgan fingerprint density at radius 1 is 1.12 bits per heavy atom. The summed E-state index contributed by atoms with van der Waals surface area (Å²) in [5.74, 6) is -0.314. The molecule has 0 aliphatic heterocycles. The Morgan fingerprint density at radius 2 is 1.88 bits per heavy atom. The van der Waals surface area contributed by atoms with Gasteiger partial charge in [-0.1, -0.05) is 48.5 Å². The van der Waals surface area contributed by atoms with Crippen molar-refractivity contribution in [1.82, 2.24) is 5.32 Å². The van der Waals surface area contributed by atoms with Gasteiger partial charge in [-0.05, 0) is 34.9 Å². The minimum Gasteiger partial charge on any atom is -0.502 e. The van der Waals surface area contributed by atoms with Gasteiger partial charge in [0.2, 0.25) is 0 Å². The third-order valence-electron chi connectivity index (χ3n) is 4.14. The van der Waals surface area contributed by atoms with Crippen molar-refractivity contribution in [1.29, 1.82) is 0 Å². The molecular weight excluding hydrogens is 304 g/mol. The third-order valence-corrected chi connectivity index (χ3v) is 4.14. The van der Waals surface area contributed by atoms with Gasteiger partial charge in [0.25, 0.3) is 0 Å². The maximum absolute atomic E-state index is 10.9. The molecule has 1 atom stereocenters. The summed E-state index contributed by atoms with van der Waals surface area (Å²) < 4.78 is 0. The molecule has 1 unspecified atom stereocenters. The molecule has 0 amide bonds. The standard InChI is InChI=1S/C19H18N2O3/c1-13(16-8-4-6-15-5-2-3-7-17(15)16)20-12-14-9-10-19(22)18(11-14)21(23)24/h2-11,13,20,22H,12H2,1H3. The van der Waals surface area contributed by atoms with Gasteiger partial charge in [-0.15, -0.1) is 0 Å². The van der Waals surface area contributed by atoms with Gasteiger partial charge in [0, 0.05) is 18.7 Å². The van der Waals surface area contributed by atoms with Crippen LogP contribution in [0.4, 0.5) is 5.69 Å². The van der Waals surface area contributed by atoms with E-state index in [-0.39, 0.29) is 17.5 Å². The Bertz CT molecular complexity index is 887. The predicted octanol–water partition coefficient (Wildman–Crippen LogP) is 4.30. The Morgan fingerprint density at radius 3 is 2.67 bits per heavy atom. The molecule has 24 heavy (non-hydrogen) atoms. The Balaban J connectivity index is 1.79. The van der Waals surface area contributed by atoms with E-state index in [0.717, 1.165) is 5.56 Å². The van der Waals surface area contributed by atoms with Crippen LogP contribution in [0.5, 0.6) is 5.75 Å². The van der Waals surface area contributed by atoms with Gasteiger partial charge in [0.1, 0.15) is 0 Å². The molecule has 0 aliphatic rings. The van der Waals surface area contributed by atoms with Crippen molar-refractivity contribution in [3.8, 4) is 5.75 Å². The molecule has 3 aromatic rings. The maximum Gasteiger partial charge on any atom is 0.311 e. The van der Waals surface area contributed by atoms with Gasteiger partial charge in [-0.3, -0.25) is 10.1 Å². The fourth-order valence-corrected chi connectivity index (χ4v) is 2.83. The number of nitro benzene ring substituents is 1. The van der Waals surface area contributed by atoms with Crippen molar-refractivity contribution in [3.63, 3.8) is 0 Å². The largest absolute Gasteiger partial charge is 0.502 e. The normalized spacial score (nSPS) is 12.2. The monoisotopic (exact) mass is 322 g/mol. The van der Waals surface area contributed by atoms with Crippen LogP contribution >= 0.6 is 0 Å². The van der Waals surface area contributed by atoms with Gasteiger partial charge in [-0.25, -0.2) is 0 Å². The van der Waals surface area contributed by atoms with Crippen molar-refractivity contribution in [3.05, 3.63) is 81.9 Å². The number of phenols is 1. The number of rotatable bonds is 5. The van der Waals surface area contributed by atoms with Crippen LogP contribution in [0.1, 0.15) is 24.1 Å². The van der Waals surface area contributed by atoms with Crippen LogP contribution in [0.2, 0.25) is 0 Å². The van der Waals surface area contributed by atoms with Crippen LogP contribution in [-0.4, -0.2) is 10.0 Å². The first kappa shape index (κ1) is 16.0. The molecule has 0 radical (unpaired) electrons. The number of hydrogen-bond acceptors (Lipinski definition) is 4. The molecular formula is C19H18N2O3. The highest BCUT2D eigenvalue weighted by Gasteiger charge is 2.14. The number of nitro groups is 1. The molecule has 3 aromatic carbocycles. The smallest absolute Gasteiger partial charge is 0.311 e. The first-order valence-corrected chi connectivity index (χ1v) is 7.73. The van der Waals surface area contributed by atoms with Crippen molar-refractivity contribution >= 4 is 16.5 Å². The maximum atomic E-state index is 10.9. The van der Waals surface area contributed by atoms with Gasteiger partial charge in [0.15, 0.2) is 5.75 Å². The van der Waals surface area contributed by atoms with E-state index >= 15 is 0 Å². The van der Waals surface area contributed by atoms with Crippen LogP contribution < -0.4 is 5.32 Å². The van der Waals surface area contributed by atoms with E-state index in [1.165, 1.54) is 28.5 Å². The first-order chi connectivity index (χ1) is 11.6. The highest BCUT2D eigenvalue weighted by molar-refractivity contribution is 5.86. The van der Waals surface area contributed by atoms with E-state index in [1.807, 2.05) is 18.2 Å². The Labute approximate surface area is 139 Å². The number of hydrogen-bond donors (Lipinski definition) is 2. The van der Waals surface area contributed by atoms with Crippen LogP contribution in [0.3, 0.4) is 0 Å². The van der Waals surface area contributed by atoms with Crippen LogP contribution in [0.15, 0.2) is 60.7 Å². The van der Waals surface area contributed by atoms with E-state index in [9.17, 15) is 15.2 Å². The summed E-state index contributed by atoms with van der Waals surface area (Å²) in [6.07, 6.45) is 0. The van der Waals surface area contributed by atoms with Crippen LogP contribution in [-0.2, 0) is 6.54 Å². The lowest BCUT2D eigenvalue weighted by Crippen LogP contribution is -2.18. The van der Waals surface area contributed by atoms with Crippen molar-refractivity contribution in [2.75, 3.05) is 0 Å². The zero-order valence-electron chi connectivity index (χ0n) is 13.3. The lowest BCUT2D eigenvalue weighted by molar-refractivity contribution is -0.385. The Kier molecular flexibility index (Phi) is 4.44. The molecule has 0 bridgehead atoms. The van der Waals surface area contributed by atoms with Gasteiger partial charge in [0.05, 0.1) is 4.92 Å². The summed E-state index contributed by atoms with van der Waals surface area (Å²) >= 11 is 0. The third kappa shape index (κ3) is 3.21. The summed E-state index contributed by atoms with van der Waals surface area (Å²) in [6, 6.07) is 18.9. The zero-order chi connectivity index (χ0) is 17.1. The minimum atomic E-state index is -0.576. The van der Waals surface area contributed by atoms with Gasteiger partial charge >= 0.3 is 5.69 Å². The fourth-order valence-electron chi connectivity index (χ4n) is 2.83. The second kappa shape index (κ2) is 6.68. The molecule has 0 spiro atoms. The number of benzene rings is 3. The molecule has 0 heterocycles. The van der Waals surface area contributed by atoms with E-state index in [4.69, 9.17) is 0 Å². The number of nitrogens with one attached hydrogen (secondary N) is 1. The lowest BCUT2D eigenvalue weighted by atomic mass is 9.99. The molecule has 2 N–H and O–H groups in total. The van der Waals surface area contributed by atoms with E-state index in [0.29, 0.717) is 6.54 Å². The zero-order valence-corrected chi connectivity index (χ0v) is 13.3. The number of phenolic OH excluding ortho intramolecular Hbond substituents is 1. The SMILES string of the molecule is CC(NCc1ccc(O)c([N+](=O)[O-])c1)c1cccc2ccccc12. The van der Waals surface area contributed by atoms with Crippen LogP contribution in [0.25, 0.3) is 10.8 Å². The van der Waals surface area contributed by atoms with Gasteiger partial charge < -0.3 is 10.4 Å². The predicted molar refractivity (Wildman–Crippen MR) is 94.0 cm³/mol. The van der Waals surface area contributed by atoms with E-state index < -0.39 is 4.92 Å². The Hall–Kier alpha value is -2.92. The van der Waals surface area contributed by atoms with Crippen LogP contribution in [0, 0.1) is 10.1 Å². The highest BCUT2D eigenvalue weighted by Crippen LogP contribution is 2.27. The molecule has 0 aromatic heterocycles. The summed E-state index contributed by atoms with van der Waals surface area (Å²) in [7, 11) is 0. The fraction of sp³-hybridized carbons (Fsp3) is 0.158. The average molecular weight is 322 g/mol. The number of fused-ring (bicyclic) bond motifs is 1. The molecule has 122 valence electrons. The van der Waals surface area contributed by atoms with Crippen molar-refractivity contribution in [2.24, 2.45) is 0 Å². The average Bonchev–Trinajstić information content (AvgIpc) is 2.60. The minimum absolute atomic E-state index is 0.0870. The quantitative estimate of drug-likeness (QED) is 0.542. The topological polar surface area (TPSA) is 75.4 Å². The number of aromatic hydroxyl groups is 1. The van der Waals surface area contributed by atoms with Crippen molar-refractivity contribution < 1.29 is 10.0 Å². The van der Waals surface area contributed by atoms with E-state index in [2.05, 4.69) is 36.5 Å². The molecule has 3 rings (SSSR count). The second-order valence-electron chi connectivity index (χ2n) is 5.75. The highest BCUT2D eigenvalue weighted by atomic mass is 16.6. The summed E-state index contributed by atoms with van der Waals surface area (Å²) in [5, 5.41) is 26.2. The van der Waals surface area contributed by atoms with E-state index in [1.54, 1.807) is 6.07 Å². The molecule has 0 saturated heterocycles. The lowest BCUT2D eigenvalue weighted by Gasteiger charge is -2.16. The summed E-state index contributed by atoms with van der Waals surface area (Å²) in [4.78, 5) is 10.3. The van der Waals surface area contributed by atoms with Crippen molar-refractivity contribution in [2.45, 2.75) is 19.5 Å². The van der Waals surface area contributed by atoms with Gasteiger partial charge in [-0.2, -0.15) is 0 Å². The second-order valence-corrected chi connectivity index (χ2v) is 5.75. The molecule has 5 heteroatoms. The molecule has 0 fully saturated rings. The molecule has 0 saturated carbocycles. The number of nitrogens with zero attached hydrogens (tertiary/aromatic N) is 1.